The van der Waals surface area contributed by atoms with Gasteiger partial charge in [0, 0.05) is 20.4 Å². The zero-order valence-corrected chi connectivity index (χ0v) is 10.2. The van der Waals surface area contributed by atoms with Crippen LogP contribution in [0.4, 0.5) is 13.2 Å². The molecular formula is C9H14F3NO6. The van der Waals surface area contributed by atoms with Gasteiger partial charge in [0.1, 0.15) is 13.3 Å². The second kappa shape index (κ2) is 10.1. The maximum absolute atomic E-state index is 10.6. The molecule has 112 valence electrons. The van der Waals surface area contributed by atoms with Gasteiger partial charge in [-0.15, -0.1) is 0 Å². The topological polar surface area (TPSA) is 102 Å². The Bertz CT molecular complexity index is 287. The van der Waals surface area contributed by atoms with Gasteiger partial charge in [0.25, 0.3) is 0 Å². The van der Waals surface area contributed by atoms with E-state index in [0.29, 0.717) is 6.54 Å². The Morgan fingerprint density at radius 1 is 1.11 bits per heavy atom. The van der Waals surface area contributed by atoms with Crippen molar-refractivity contribution in [3.63, 3.8) is 0 Å². The molecule has 0 aliphatic carbocycles. The Balaban J connectivity index is 0. The molecule has 0 fully saturated rings. The summed E-state index contributed by atoms with van der Waals surface area (Å²) in [6.07, 6.45) is -5.08. The molecule has 0 aromatic heterocycles. The molecule has 0 heterocycles. The monoisotopic (exact) mass is 289 g/mol. The number of carbonyl (C=O) groups excluding carboxylic acids is 2. The number of carboxylic acid groups (broad SMARTS) is 1. The second-order valence-corrected chi connectivity index (χ2v) is 2.92. The highest BCUT2D eigenvalue weighted by Crippen LogP contribution is 2.13. The van der Waals surface area contributed by atoms with Crippen LogP contribution in [0.1, 0.15) is 13.8 Å². The Morgan fingerprint density at radius 2 is 1.53 bits per heavy atom. The first-order valence-corrected chi connectivity index (χ1v) is 4.85. The minimum absolute atomic E-state index is 0.149. The summed E-state index contributed by atoms with van der Waals surface area (Å²) in [5, 5.41) is 9.88. The molecular weight excluding hydrogens is 275 g/mol. The van der Waals surface area contributed by atoms with E-state index in [-0.39, 0.29) is 25.3 Å². The zero-order chi connectivity index (χ0) is 15.5. The lowest BCUT2D eigenvalue weighted by molar-refractivity contribution is -0.192. The van der Waals surface area contributed by atoms with Crippen LogP contribution in [0, 0.1) is 0 Å². The number of alkyl halides is 3. The molecule has 0 saturated heterocycles. The molecule has 10 heteroatoms. The molecule has 0 unspecified atom stereocenters. The SMILES string of the molecule is CC(=O)OCCNCOC(C)=O.O=C(O)C(F)(F)F. The smallest absolute Gasteiger partial charge is 0.475 e. The molecule has 0 aliphatic rings. The van der Waals surface area contributed by atoms with Gasteiger partial charge >= 0.3 is 24.1 Å². The van der Waals surface area contributed by atoms with Crippen molar-refractivity contribution in [1.82, 2.24) is 5.32 Å². The number of nitrogens with one attached hydrogen (secondary N) is 1. The van der Waals surface area contributed by atoms with Crippen molar-refractivity contribution in [2.45, 2.75) is 20.0 Å². The standard InChI is InChI=1S/C7H13NO4.C2HF3O2/c1-6(9)11-4-3-8-5-12-7(2)10;3-2(4,5)1(6)7/h8H,3-5H2,1-2H3;(H,6,7). The summed E-state index contributed by atoms with van der Waals surface area (Å²) >= 11 is 0. The lowest BCUT2D eigenvalue weighted by Gasteiger charge is -2.04. The van der Waals surface area contributed by atoms with E-state index in [1.807, 2.05) is 0 Å². The molecule has 7 nitrogen and oxygen atoms in total. The fraction of sp³-hybridized carbons (Fsp3) is 0.667. The van der Waals surface area contributed by atoms with Crippen LogP contribution < -0.4 is 5.32 Å². The van der Waals surface area contributed by atoms with E-state index < -0.39 is 12.1 Å². The maximum Gasteiger partial charge on any atom is 0.490 e. The fourth-order valence-electron chi connectivity index (χ4n) is 0.492. The first kappa shape index (κ1) is 19.5. The minimum atomic E-state index is -5.08. The van der Waals surface area contributed by atoms with Crippen LogP contribution in [0.2, 0.25) is 0 Å². The number of hydrogen-bond acceptors (Lipinski definition) is 6. The number of halogens is 3. The van der Waals surface area contributed by atoms with Gasteiger partial charge in [-0.25, -0.2) is 4.79 Å². The lowest BCUT2D eigenvalue weighted by atomic mass is 10.7. The van der Waals surface area contributed by atoms with Crippen LogP contribution in [-0.2, 0) is 23.9 Å². The number of hydrogen-bond donors (Lipinski definition) is 2. The molecule has 0 amide bonds. The Morgan fingerprint density at radius 3 is 1.84 bits per heavy atom. The number of ether oxygens (including phenoxy) is 2. The van der Waals surface area contributed by atoms with Gasteiger partial charge in [0.2, 0.25) is 0 Å². The normalized spacial score (nSPS) is 9.95. The summed E-state index contributed by atoms with van der Waals surface area (Å²) in [6.45, 7) is 3.58. The van der Waals surface area contributed by atoms with Crippen molar-refractivity contribution in [1.29, 1.82) is 0 Å². The third kappa shape index (κ3) is 18.7. The molecule has 19 heavy (non-hydrogen) atoms. The van der Waals surface area contributed by atoms with E-state index in [1.54, 1.807) is 0 Å². The molecule has 0 spiro atoms. The summed E-state index contributed by atoms with van der Waals surface area (Å²) in [7, 11) is 0. The first-order valence-electron chi connectivity index (χ1n) is 4.85. The fourth-order valence-corrected chi connectivity index (χ4v) is 0.492. The van der Waals surface area contributed by atoms with E-state index >= 15 is 0 Å². The Labute approximate surface area is 106 Å². The quantitative estimate of drug-likeness (QED) is 0.426. The average molecular weight is 289 g/mol. The van der Waals surface area contributed by atoms with Gasteiger partial charge in [0.15, 0.2) is 0 Å². The van der Waals surface area contributed by atoms with E-state index in [9.17, 15) is 22.8 Å². The van der Waals surface area contributed by atoms with Crippen molar-refractivity contribution in [3.8, 4) is 0 Å². The summed E-state index contributed by atoms with van der Waals surface area (Å²) < 4.78 is 40.9. The van der Waals surface area contributed by atoms with Gasteiger partial charge in [-0.2, -0.15) is 13.2 Å². The number of esters is 2. The zero-order valence-electron chi connectivity index (χ0n) is 10.2. The van der Waals surface area contributed by atoms with Crippen LogP contribution in [-0.4, -0.2) is 49.1 Å². The van der Waals surface area contributed by atoms with E-state index in [4.69, 9.17) is 9.90 Å². The summed E-state index contributed by atoms with van der Waals surface area (Å²) in [6, 6.07) is 0. The highest BCUT2D eigenvalue weighted by molar-refractivity contribution is 5.73. The molecule has 0 bridgehead atoms. The van der Waals surface area contributed by atoms with Gasteiger partial charge in [-0.3, -0.25) is 14.9 Å². The molecule has 0 saturated carbocycles. The van der Waals surface area contributed by atoms with Crippen molar-refractivity contribution >= 4 is 17.9 Å². The molecule has 0 aliphatic heterocycles. The van der Waals surface area contributed by atoms with E-state index in [2.05, 4.69) is 14.8 Å². The highest BCUT2D eigenvalue weighted by Gasteiger charge is 2.38. The van der Waals surface area contributed by atoms with Crippen molar-refractivity contribution in [2.24, 2.45) is 0 Å². The number of carbonyl (C=O) groups is 3. The van der Waals surface area contributed by atoms with Crippen molar-refractivity contribution in [2.75, 3.05) is 19.9 Å². The van der Waals surface area contributed by atoms with Crippen LogP contribution >= 0.6 is 0 Å². The van der Waals surface area contributed by atoms with Gasteiger partial charge < -0.3 is 14.6 Å². The van der Waals surface area contributed by atoms with Crippen molar-refractivity contribution in [3.05, 3.63) is 0 Å². The molecule has 0 rings (SSSR count). The van der Waals surface area contributed by atoms with Crippen LogP contribution in [0.25, 0.3) is 0 Å². The lowest BCUT2D eigenvalue weighted by Crippen LogP contribution is -2.24. The number of aliphatic carboxylic acids is 1. The number of carboxylic acids is 1. The Hall–Kier alpha value is -1.84. The maximum atomic E-state index is 10.6. The molecule has 0 radical (unpaired) electrons. The predicted octanol–water partition coefficient (Wildman–Crippen LogP) is 0.293. The predicted molar refractivity (Wildman–Crippen MR) is 55.0 cm³/mol. The first-order chi connectivity index (χ1) is 8.57. The number of rotatable bonds is 5. The summed E-state index contributed by atoms with van der Waals surface area (Å²) in [5.74, 6) is -3.41. The van der Waals surface area contributed by atoms with E-state index in [1.165, 1.54) is 13.8 Å². The average Bonchev–Trinajstić information content (AvgIpc) is 2.21. The molecule has 2 N–H and O–H groups in total. The van der Waals surface area contributed by atoms with Gasteiger partial charge in [-0.05, 0) is 0 Å². The van der Waals surface area contributed by atoms with Gasteiger partial charge in [-0.1, -0.05) is 0 Å². The molecule has 0 aromatic carbocycles. The Kier molecular flexibility index (Phi) is 10.4. The highest BCUT2D eigenvalue weighted by atomic mass is 19.4. The summed E-state index contributed by atoms with van der Waals surface area (Å²) in [5.41, 5.74) is 0. The largest absolute Gasteiger partial charge is 0.490 e. The van der Waals surface area contributed by atoms with Crippen LogP contribution in [0.3, 0.4) is 0 Å². The minimum Gasteiger partial charge on any atom is -0.475 e. The van der Waals surface area contributed by atoms with Gasteiger partial charge in [0.05, 0.1) is 0 Å². The molecule has 0 atom stereocenters. The van der Waals surface area contributed by atoms with Crippen molar-refractivity contribution < 1.29 is 42.1 Å². The third-order valence-electron chi connectivity index (χ3n) is 1.20. The van der Waals surface area contributed by atoms with E-state index in [0.717, 1.165) is 0 Å². The third-order valence-corrected chi connectivity index (χ3v) is 1.20. The summed E-state index contributed by atoms with van der Waals surface area (Å²) in [4.78, 5) is 29.4. The second-order valence-electron chi connectivity index (χ2n) is 2.92. The van der Waals surface area contributed by atoms with Crippen LogP contribution in [0.15, 0.2) is 0 Å². The van der Waals surface area contributed by atoms with Crippen LogP contribution in [0.5, 0.6) is 0 Å². The molecule has 0 aromatic rings.